The molecule has 1 saturated carbocycles. The van der Waals surface area contributed by atoms with Crippen LogP contribution in [0.25, 0.3) is 0 Å². The van der Waals surface area contributed by atoms with Gasteiger partial charge in [-0.15, -0.1) is 0 Å². The number of amides is 2. The molecule has 6 heteroatoms. The van der Waals surface area contributed by atoms with Crippen LogP contribution in [0, 0.1) is 0 Å². The van der Waals surface area contributed by atoms with Crippen molar-refractivity contribution < 1.29 is 9.59 Å². The molecule has 3 rings (SSSR count). The molecule has 0 saturated heterocycles. The Morgan fingerprint density at radius 1 is 0.926 bits per heavy atom. The average molecular weight is 386 g/mol. The Bertz CT molecular complexity index is 802. The molecule has 1 aliphatic rings. The lowest BCUT2D eigenvalue weighted by molar-refractivity contribution is 0.0927. The summed E-state index contributed by atoms with van der Waals surface area (Å²) >= 11 is 6.10. The number of hydrogen-bond donors (Lipinski definition) is 2. The first-order chi connectivity index (χ1) is 13.1. The summed E-state index contributed by atoms with van der Waals surface area (Å²) in [4.78, 5) is 29.1. The zero-order valence-electron chi connectivity index (χ0n) is 15.2. The van der Waals surface area contributed by atoms with Gasteiger partial charge < -0.3 is 10.6 Å². The van der Waals surface area contributed by atoms with Gasteiger partial charge in [0.25, 0.3) is 11.8 Å². The van der Waals surface area contributed by atoms with E-state index in [9.17, 15) is 9.59 Å². The van der Waals surface area contributed by atoms with Gasteiger partial charge in [-0.1, -0.05) is 61.5 Å². The third-order valence-electron chi connectivity index (χ3n) is 4.80. The second-order valence-corrected chi connectivity index (χ2v) is 7.25. The molecule has 2 amide bonds. The Balaban J connectivity index is 1.61. The van der Waals surface area contributed by atoms with E-state index in [0.717, 1.165) is 31.2 Å². The van der Waals surface area contributed by atoms with E-state index in [1.807, 2.05) is 18.2 Å². The maximum Gasteiger partial charge on any atom is 0.270 e. The molecular weight excluding hydrogens is 362 g/mol. The van der Waals surface area contributed by atoms with Crippen LogP contribution in [0.4, 0.5) is 0 Å². The summed E-state index contributed by atoms with van der Waals surface area (Å²) in [6.45, 7) is 0.304. The van der Waals surface area contributed by atoms with Crippen molar-refractivity contribution in [3.8, 4) is 0 Å². The predicted octanol–water partition coefficient (Wildman–Crippen LogP) is 4.12. The summed E-state index contributed by atoms with van der Waals surface area (Å²) in [6.07, 6.45) is 6.75. The number of aromatic nitrogens is 1. The lowest BCUT2D eigenvalue weighted by Crippen LogP contribution is -2.35. The molecular formula is C21H24ClN3O2. The number of hydrogen-bond acceptors (Lipinski definition) is 3. The van der Waals surface area contributed by atoms with Crippen LogP contribution in [0.2, 0.25) is 5.02 Å². The van der Waals surface area contributed by atoms with Crippen LogP contribution >= 0.6 is 11.6 Å². The van der Waals surface area contributed by atoms with Crippen molar-refractivity contribution in [2.75, 3.05) is 0 Å². The molecule has 2 aromatic rings. The summed E-state index contributed by atoms with van der Waals surface area (Å²) in [5, 5.41) is 6.45. The second-order valence-electron chi connectivity index (χ2n) is 6.84. The number of pyridine rings is 1. The molecule has 1 aromatic carbocycles. The maximum absolute atomic E-state index is 12.5. The lowest BCUT2D eigenvalue weighted by atomic mass is 10.1. The summed E-state index contributed by atoms with van der Waals surface area (Å²) in [5.41, 5.74) is 1.31. The van der Waals surface area contributed by atoms with Crippen molar-refractivity contribution in [1.29, 1.82) is 0 Å². The van der Waals surface area contributed by atoms with Gasteiger partial charge in [-0.05, 0) is 36.6 Å². The van der Waals surface area contributed by atoms with E-state index in [1.165, 1.54) is 12.8 Å². The summed E-state index contributed by atoms with van der Waals surface area (Å²) in [7, 11) is 0. The molecule has 1 fully saturated rings. The van der Waals surface area contributed by atoms with Crippen molar-refractivity contribution in [2.24, 2.45) is 0 Å². The average Bonchev–Trinajstić information content (AvgIpc) is 2.96. The highest BCUT2D eigenvalue weighted by Gasteiger charge is 2.18. The van der Waals surface area contributed by atoms with Crippen molar-refractivity contribution >= 4 is 23.4 Å². The Labute approximate surface area is 164 Å². The summed E-state index contributed by atoms with van der Waals surface area (Å²) < 4.78 is 0. The van der Waals surface area contributed by atoms with Gasteiger partial charge in [-0.25, -0.2) is 4.98 Å². The molecule has 0 unspecified atom stereocenters. The fourth-order valence-electron chi connectivity index (χ4n) is 3.28. The Morgan fingerprint density at radius 3 is 2.30 bits per heavy atom. The highest BCUT2D eigenvalue weighted by molar-refractivity contribution is 6.31. The Kier molecular flexibility index (Phi) is 6.82. The number of nitrogens with zero attached hydrogens (tertiary/aromatic N) is 1. The molecule has 2 N–H and O–H groups in total. The van der Waals surface area contributed by atoms with E-state index < -0.39 is 0 Å². The van der Waals surface area contributed by atoms with Crippen molar-refractivity contribution in [1.82, 2.24) is 15.6 Å². The number of halogens is 1. The molecule has 0 radical (unpaired) electrons. The van der Waals surface area contributed by atoms with Gasteiger partial charge in [0.1, 0.15) is 11.4 Å². The zero-order chi connectivity index (χ0) is 19.1. The fourth-order valence-corrected chi connectivity index (χ4v) is 3.48. The van der Waals surface area contributed by atoms with Crippen LogP contribution in [-0.4, -0.2) is 22.8 Å². The number of carbonyl (C=O) groups is 2. The summed E-state index contributed by atoms with van der Waals surface area (Å²) in [5.74, 6) is -0.554. The third-order valence-corrected chi connectivity index (χ3v) is 5.17. The maximum atomic E-state index is 12.5. The predicted molar refractivity (Wildman–Crippen MR) is 106 cm³/mol. The van der Waals surface area contributed by atoms with Gasteiger partial charge in [0.2, 0.25) is 0 Å². The second kappa shape index (κ2) is 9.51. The van der Waals surface area contributed by atoms with Crippen molar-refractivity contribution in [2.45, 2.75) is 51.1 Å². The van der Waals surface area contributed by atoms with E-state index in [1.54, 1.807) is 24.3 Å². The van der Waals surface area contributed by atoms with Gasteiger partial charge in [-0.2, -0.15) is 0 Å². The first-order valence-corrected chi connectivity index (χ1v) is 9.81. The van der Waals surface area contributed by atoms with Crippen LogP contribution in [0.5, 0.6) is 0 Å². The zero-order valence-corrected chi connectivity index (χ0v) is 16.0. The van der Waals surface area contributed by atoms with E-state index >= 15 is 0 Å². The SMILES string of the molecule is O=C(NCc1ccccc1Cl)c1cccc(C(=O)NC2CCCCCC2)n1. The first-order valence-electron chi connectivity index (χ1n) is 9.43. The van der Waals surface area contributed by atoms with Gasteiger partial charge in [-0.3, -0.25) is 9.59 Å². The van der Waals surface area contributed by atoms with Gasteiger partial charge >= 0.3 is 0 Å². The highest BCUT2D eigenvalue weighted by Crippen LogP contribution is 2.18. The molecule has 27 heavy (non-hydrogen) atoms. The van der Waals surface area contributed by atoms with E-state index in [0.29, 0.717) is 11.6 Å². The standard InChI is InChI=1S/C21H24ClN3O2/c22-17-11-6-5-8-15(17)14-23-20(26)18-12-7-13-19(25-18)21(27)24-16-9-3-1-2-4-10-16/h5-8,11-13,16H,1-4,9-10,14H2,(H,23,26)(H,24,27). The molecule has 1 heterocycles. The smallest absolute Gasteiger partial charge is 0.270 e. The molecule has 0 aliphatic heterocycles. The largest absolute Gasteiger partial charge is 0.348 e. The highest BCUT2D eigenvalue weighted by atomic mass is 35.5. The number of benzene rings is 1. The monoisotopic (exact) mass is 385 g/mol. The van der Waals surface area contributed by atoms with Crippen LogP contribution in [0.1, 0.15) is 65.1 Å². The third kappa shape index (κ3) is 5.54. The topological polar surface area (TPSA) is 71.1 Å². The minimum Gasteiger partial charge on any atom is -0.348 e. The molecule has 142 valence electrons. The van der Waals surface area contributed by atoms with Gasteiger partial charge in [0.15, 0.2) is 0 Å². The molecule has 5 nitrogen and oxygen atoms in total. The van der Waals surface area contributed by atoms with Crippen LogP contribution in [0.15, 0.2) is 42.5 Å². The fraction of sp³-hybridized carbons (Fsp3) is 0.381. The minimum absolute atomic E-state index is 0.194. The lowest BCUT2D eigenvalue weighted by Gasteiger charge is -2.16. The quantitative estimate of drug-likeness (QED) is 0.760. The van der Waals surface area contributed by atoms with Crippen LogP contribution in [-0.2, 0) is 6.54 Å². The van der Waals surface area contributed by atoms with Crippen molar-refractivity contribution in [3.63, 3.8) is 0 Å². The number of rotatable bonds is 5. The van der Waals surface area contributed by atoms with Crippen LogP contribution in [0.3, 0.4) is 0 Å². The first kappa shape index (κ1) is 19.4. The van der Waals surface area contributed by atoms with Crippen LogP contribution < -0.4 is 10.6 Å². The minimum atomic E-state index is -0.334. The molecule has 1 aromatic heterocycles. The number of nitrogens with one attached hydrogen (secondary N) is 2. The Hall–Kier alpha value is -2.40. The van der Waals surface area contributed by atoms with Crippen molar-refractivity contribution in [3.05, 3.63) is 64.4 Å². The van der Waals surface area contributed by atoms with E-state index in [2.05, 4.69) is 15.6 Å². The normalized spacial score (nSPS) is 15.0. The van der Waals surface area contributed by atoms with E-state index in [-0.39, 0.29) is 29.2 Å². The van der Waals surface area contributed by atoms with Gasteiger partial charge in [0, 0.05) is 17.6 Å². The Morgan fingerprint density at radius 2 is 1.59 bits per heavy atom. The number of carbonyl (C=O) groups excluding carboxylic acids is 2. The molecule has 0 bridgehead atoms. The van der Waals surface area contributed by atoms with E-state index in [4.69, 9.17) is 11.6 Å². The summed E-state index contributed by atoms with van der Waals surface area (Å²) in [6, 6.07) is 12.4. The molecule has 0 atom stereocenters. The van der Waals surface area contributed by atoms with Gasteiger partial charge in [0.05, 0.1) is 0 Å². The molecule has 0 spiro atoms. The molecule has 1 aliphatic carbocycles.